The van der Waals surface area contributed by atoms with Crippen molar-refractivity contribution < 1.29 is 9.21 Å². The molecule has 1 N–H and O–H groups in total. The average molecular weight is 355 g/mol. The van der Waals surface area contributed by atoms with Crippen molar-refractivity contribution in [1.82, 2.24) is 5.32 Å². The minimum atomic E-state index is -0.178. The maximum atomic E-state index is 12.8. The van der Waals surface area contributed by atoms with Crippen molar-refractivity contribution in [3.05, 3.63) is 83.1 Å². The lowest BCUT2D eigenvalue weighted by molar-refractivity contribution is 0.0914. The van der Waals surface area contributed by atoms with Crippen LogP contribution in [0, 0.1) is 0 Å². The lowest BCUT2D eigenvalue weighted by Crippen LogP contribution is -2.26. The fraction of sp³-hybridized carbons (Fsp3) is 0.208. The van der Waals surface area contributed by atoms with E-state index in [1.807, 2.05) is 37.3 Å². The highest BCUT2D eigenvalue weighted by Crippen LogP contribution is 2.29. The van der Waals surface area contributed by atoms with Crippen LogP contribution in [0.1, 0.15) is 46.6 Å². The van der Waals surface area contributed by atoms with Crippen LogP contribution >= 0.6 is 0 Å². The third-order valence-corrected chi connectivity index (χ3v) is 5.62. The molecule has 0 spiro atoms. The van der Waals surface area contributed by atoms with Gasteiger partial charge in [0.2, 0.25) is 0 Å². The fourth-order valence-corrected chi connectivity index (χ4v) is 4.12. The van der Waals surface area contributed by atoms with Crippen LogP contribution < -0.4 is 5.32 Å². The van der Waals surface area contributed by atoms with Crippen molar-refractivity contribution in [2.75, 3.05) is 0 Å². The van der Waals surface area contributed by atoms with Crippen LogP contribution in [0.25, 0.3) is 21.7 Å². The monoisotopic (exact) mass is 355 g/mol. The predicted molar refractivity (Wildman–Crippen MR) is 108 cm³/mol. The zero-order chi connectivity index (χ0) is 18.4. The molecule has 134 valence electrons. The molecule has 1 amide bonds. The van der Waals surface area contributed by atoms with Crippen molar-refractivity contribution >= 4 is 27.6 Å². The first-order valence-electron chi connectivity index (χ1n) is 9.53. The molecule has 0 saturated heterocycles. The van der Waals surface area contributed by atoms with Gasteiger partial charge in [0.1, 0.15) is 5.58 Å². The molecule has 0 unspecified atom stereocenters. The van der Waals surface area contributed by atoms with Crippen LogP contribution in [-0.4, -0.2) is 5.91 Å². The fourth-order valence-electron chi connectivity index (χ4n) is 4.12. The molecule has 1 aliphatic rings. The van der Waals surface area contributed by atoms with Crippen molar-refractivity contribution in [2.24, 2.45) is 0 Å². The molecule has 0 saturated carbocycles. The number of fused-ring (bicyclic) bond motifs is 4. The summed E-state index contributed by atoms with van der Waals surface area (Å²) < 4.78 is 5.84. The third-order valence-electron chi connectivity index (χ3n) is 5.62. The minimum absolute atomic E-state index is 0.0617. The van der Waals surface area contributed by atoms with Gasteiger partial charge in [0.25, 0.3) is 5.91 Å². The standard InChI is InChI=1S/C24H21NO2/c1-15(18-10-9-16-6-4-7-19(16)13-18)25-24(26)23-14-21-20-8-3-2-5-17(20)11-12-22(21)27-23/h2-3,5,8-15H,4,6-7H2,1H3,(H,25,26)/t15-/m0/s1. The van der Waals surface area contributed by atoms with Gasteiger partial charge in [0.15, 0.2) is 5.76 Å². The smallest absolute Gasteiger partial charge is 0.287 e. The highest BCUT2D eigenvalue weighted by atomic mass is 16.3. The summed E-state index contributed by atoms with van der Waals surface area (Å²) in [5.41, 5.74) is 4.75. The molecule has 0 radical (unpaired) electrons. The van der Waals surface area contributed by atoms with Crippen molar-refractivity contribution in [2.45, 2.75) is 32.2 Å². The van der Waals surface area contributed by atoms with Crippen LogP contribution in [0.3, 0.4) is 0 Å². The van der Waals surface area contributed by atoms with Gasteiger partial charge in [0.05, 0.1) is 6.04 Å². The van der Waals surface area contributed by atoms with Crippen LogP contribution in [0.2, 0.25) is 0 Å². The number of hydrogen-bond acceptors (Lipinski definition) is 2. The van der Waals surface area contributed by atoms with Gasteiger partial charge in [-0.2, -0.15) is 0 Å². The lowest BCUT2D eigenvalue weighted by Gasteiger charge is -2.14. The Bertz CT molecular complexity index is 1170. The topological polar surface area (TPSA) is 42.2 Å². The zero-order valence-corrected chi connectivity index (χ0v) is 15.3. The summed E-state index contributed by atoms with van der Waals surface area (Å²) in [5, 5.41) is 6.30. The van der Waals surface area contributed by atoms with Gasteiger partial charge in [-0.1, -0.05) is 48.5 Å². The van der Waals surface area contributed by atoms with E-state index in [0.717, 1.165) is 33.7 Å². The number of carbonyl (C=O) groups excluding carboxylic acids is 1. The molecular formula is C24H21NO2. The van der Waals surface area contributed by atoms with Gasteiger partial charge in [-0.3, -0.25) is 4.79 Å². The summed E-state index contributed by atoms with van der Waals surface area (Å²) >= 11 is 0. The van der Waals surface area contributed by atoms with E-state index in [2.05, 4.69) is 35.6 Å². The van der Waals surface area contributed by atoms with E-state index >= 15 is 0 Å². The van der Waals surface area contributed by atoms with Gasteiger partial charge in [-0.15, -0.1) is 0 Å². The predicted octanol–water partition coefficient (Wildman–Crippen LogP) is 5.57. The molecule has 27 heavy (non-hydrogen) atoms. The molecule has 3 heteroatoms. The van der Waals surface area contributed by atoms with E-state index < -0.39 is 0 Å². The number of carbonyl (C=O) groups is 1. The highest BCUT2D eigenvalue weighted by molar-refractivity contribution is 6.08. The minimum Gasteiger partial charge on any atom is -0.451 e. The number of furan rings is 1. The van der Waals surface area contributed by atoms with Crippen molar-refractivity contribution in [1.29, 1.82) is 0 Å². The zero-order valence-electron chi connectivity index (χ0n) is 15.3. The van der Waals surface area contributed by atoms with E-state index in [-0.39, 0.29) is 11.9 Å². The highest BCUT2D eigenvalue weighted by Gasteiger charge is 2.18. The summed E-state index contributed by atoms with van der Waals surface area (Å²) in [7, 11) is 0. The van der Waals surface area contributed by atoms with Gasteiger partial charge in [0, 0.05) is 5.39 Å². The quantitative estimate of drug-likeness (QED) is 0.522. The van der Waals surface area contributed by atoms with E-state index in [0.29, 0.717) is 5.76 Å². The molecule has 4 aromatic rings. The summed E-state index contributed by atoms with van der Waals surface area (Å²) in [6.45, 7) is 2.02. The molecule has 0 aliphatic heterocycles. The SMILES string of the molecule is C[C@H](NC(=O)c1cc2c(ccc3ccccc32)o1)c1ccc2c(c1)CCC2. The first kappa shape index (κ1) is 16.1. The normalized spacial score (nSPS) is 14.4. The largest absolute Gasteiger partial charge is 0.451 e. The number of nitrogens with one attached hydrogen (secondary N) is 1. The first-order valence-corrected chi connectivity index (χ1v) is 9.53. The molecule has 1 heterocycles. The number of hydrogen-bond donors (Lipinski definition) is 1. The number of aryl methyl sites for hydroxylation is 2. The van der Waals surface area contributed by atoms with Gasteiger partial charge in [-0.05, 0) is 65.8 Å². The second-order valence-corrected chi connectivity index (χ2v) is 7.39. The molecule has 1 atom stereocenters. The van der Waals surface area contributed by atoms with Crippen molar-refractivity contribution in [3.63, 3.8) is 0 Å². The number of rotatable bonds is 3. The van der Waals surface area contributed by atoms with E-state index in [4.69, 9.17) is 4.42 Å². The lowest BCUT2D eigenvalue weighted by atomic mass is 10.0. The average Bonchev–Trinajstić information content (AvgIpc) is 3.34. The Balaban J connectivity index is 1.43. The third kappa shape index (κ3) is 2.80. The Morgan fingerprint density at radius 2 is 1.81 bits per heavy atom. The Labute approximate surface area is 158 Å². The summed E-state index contributed by atoms with van der Waals surface area (Å²) in [6.07, 6.45) is 3.54. The Morgan fingerprint density at radius 3 is 2.74 bits per heavy atom. The molecular weight excluding hydrogens is 334 g/mol. The van der Waals surface area contributed by atoms with Crippen molar-refractivity contribution in [3.8, 4) is 0 Å². The summed E-state index contributed by atoms with van der Waals surface area (Å²) in [5.74, 6) is 0.178. The van der Waals surface area contributed by atoms with Gasteiger partial charge in [-0.25, -0.2) is 0 Å². The second kappa shape index (κ2) is 6.27. The molecule has 0 fully saturated rings. The van der Waals surface area contributed by atoms with E-state index in [1.165, 1.54) is 24.0 Å². The molecule has 0 bridgehead atoms. The molecule has 3 aromatic carbocycles. The molecule has 3 nitrogen and oxygen atoms in total. The Kier molecular flexibility index (Phi) is 3.75. The van der Waals surface area contributed by atoms with Gasteiger partial charge >= 0.3 is 0 Å². The Hall–Kier alpha value is -3.07. The summed E-state index contributed by atoms with van der Waals surface area (Å²) in [4.78, 5) is 12.8. The first-order chi connectivity index (χ1) is 13.2. The number of amides is 1. The molecule has 1 aromatic heterocycles. The summed E-state index contributed by atoms with van der Waals surface area (Å²) in [6, 6.07) is 20.4. The van der Waals surface area contributed by atoms with E-state index in [1.54, 1.807) is 0 Å². The molecule has 5 rings (SSSR count). The van der Waals surface area contributed by atoms with Gasteiger partial charge < -0.3 is 9.73 Å². The number of benzene rings is 3. The second-order valence-electron chi connectivity index (χ2n) is 7.39. The van der Waals surface area contributed by atoms with E-state index in [9.17, 15) is 4.79 Å². The van der Waals surface area contributed by atoms with Crippen LogP contribution in [0.5, 0.6) is 0 Å². The van der Waals surface area contributed by atoms with Crippen LogP contribution in [0.4, 0.5) is 0 Å². The maximum Gasteiger partial charge on any atom is 0.287 e. The molecule has 1 aliphatic carbocycles. The maximum absolute atomic E-state index is 12.8. The van der Waals surface area contributed by atoms with Crippen LogP contribution in [0.15, 0.2) is 65.1 Å². The van der Waals surface area contributed by atoms with Crippen LogP contribution in [-0.2, 0) is 12.8 Å². The Morgan fingerprint density at radius 1 is 0.963 bits per heavy atom.